The minimum atomic E-state index is -0.940. The maximum Gasteiger partial charge on any atom is 0.227 e. The first-order valence-corrected chi connectivity index (χ1v) is 10.1. The van der Waals surface area contributed by atoms with Crippen molar-refractivity contribution in [2.75, 3.05) is 26.2 Å². The maximum atomic E-state index is 13.8. The van der Waals surface area contributed by atoms with E-state index in [1.807, 2.05) is 10.9 Å². The topological polar surface area (TPSA) is 80.3 Å². The second kappa shape index (κ2) is 8.54. The van der Waals surface area contributed by atoms with Crippen LogP contribution in [0.25, 0.3) is 0 Å². The number of aromatic nitrogens is 3. The summed E-state index contributed by atoms with van der Waals surface area (Å²) >= 11 is 0. The fraction of sp³-hybridized carbons (Fsp3) is 0.550. The SMILES string of the molecule is N[C@@H]1CCN(Cc2cn(C3CCN(C(=O)Cc4cccc(F)c4F)CC3)nn2)C1. The standard InChI is InChI=1S/C20H26F2N6O/c21-18-3-1-2-14(20(18)22)10-19(29)27-8-5-17(6-9-27)28-13-16(24-25-28)12-26-7-4-15(23)11-26/h1-3,13,15,17H,4-12,23H2/t15-/m1/s1. The largest absolute Gasteiger partial charge is 0.342 e. The zero-order valence-electron chi connectivity index (χ0n) is 16.3. The van der Waals surface area contributed by atoms with Gasteiger partial charge in [0.1, 0.15) is 0 Å². The maximum absolute atomic E-state index is 13.8. The van der Waals surface area contributed by atoms with E-state index >= 15 is 0 Å². The van der Waals surface area contributed by atoms with Crippen molar-refractivity contribution < 1.29 is 13.6 Å². The predicted octanol–water partition coefficient (Wildman–Crippen LogP) is 1.50. The fourth-order valence-electron chi connectivity index (χ4n) is 4.14. The van der Waals surface area contributed by atoms with Crippen molar-refractivity contribution in [3.8, 4) is 0 Å². The summed E-state index contributed by atoms with van der Waals surface area (Å²) in [6, 6.07) is 4.36. The van der Waals surface area contributed by atoms with Crippen molar-refractivity contribution in [3.05, 3.63) is 47.3 Å². The molecule has 2 saturated heterocycles. The molecule has 156 valence electrons. The molecule has 0 unspecified atom stereocenters. The van der Waals surface area contributed by atoms with Crippen molar-refractivity contribution in [3.63, 3.8) is 0 Å². The molecule has 0 spiro atoms. The van der Waals surface area contributed by atoms with Crippen LogP contribution in [0, 0.1) is 11.6 Å². The van der Waals surface area contributed by atoms with Crippen LogP contribution >= 0.6 is 0 Å². The normalized spacial score (nSPS) is 21.1. The van der Waals surface area contributed by atoms with Crippen molar-refractivity contribution in [1.29, 1.82) is 0 Å². The molecule has 2 fully saturated rings. The van der Waals surface area contributed by atoms with E-state index in [1.165, 1.54) is 12.1 Å². The zero-order chi connectivity index (χ0) is 20.4. The van der Waals surface area contributed by atoms with E-state index in [0.29, 0.717) is 13.1 Å². The van der Waals surface area contributed by atoms with Crippen LogP contribution in [0.5, 0.6) is 0 Å². The molecule has 1 amide bonds. The van der Waals surface area contributed by atoms with Crippen molar-refractivity contribution >= 4 is 5.91 Å². The molecule has 3 heterocycles. The van der Waals surface area contributed by atoms with E-state index in [2.05, 4.69) is 15.2 Å². The molecular weight excluding hydrogens is 378 g/mol. The zero-order valence-corrected chi connectivity index (χ0v) is 16.3. The van der Waals surface area contributed by atoms with Gasteiger partial charge in [-0.05, 0) is 25.3 Å². The number of likely N-dealkylation sites (tertiary alicyclic amines) is 2. The fourth-order valence-corrected chi connectivity index (χ4v) is 4.14. The summed E-state index contributed by atoms with van der Waals surface area (Å²) in [4.78, 5) is 16.5. The number of hydrogen-bond donors (Lipinski definition) is 1. The highest BCUT2D eigenvalue weighted by molar-refractivity contribution is 5.78. The van der Waals surface area contributed by atoms with E-state index in [9.17, 15) is 13.6 Å². The summed E-state index contributed by atoms with van der Waals surface area (Å²) in [5.74, 6) is -2.05. The smallest absolute Gasteiger partial charge is 0.227 e. The average Bonchev–Trinajstić information content (AvgIpc) is 3.35. The van der Waals surface area contributed by atoms with Gasteiger partial charge in [0.25, 0.3) is 0 Å². The molecule has 0 aliphatic carbocycles. The van der Waals surface area contributed by atoms with E-state index < -0.39 is 11.6 Å². The number of rotatable bonds is 5. The molecule has 2 aliphatic rings. The van der Waals surface area contributed by atoms with E-state index in [4.69, 9.17) is 5.73 Å². The number of carbonyl (C=O) groups excluding carboxylic acids is 1. The summed E-state index contributed by atoms with van der Waals surface area (Å²) in [5, 5.41) is 8.55. The first kappa shape index (κ1) is 19.9. The van der Waals surface area contributed by atoms with Gasteiger partial charge < -0.3 is 10.6 Å². The molecule has 1 aromatic carbocycles. The molecule has 0 bridgehead atoms. The minimum Gasteiger partial charge on any atom is -0.342 e. The summed E-state index contributed by atoms with van der Waals surface area (Å²) < 4.78 is 29.0. The van der Waals surface area contributed by atoms with Crippen molar-refractivity contribution in [1.82, 2.24) is 24.8 Å². The number of nitrogens with two attached hydrogens (primary N) is 1. The molecule has 2 aromatic rings. The van der Waals surface area contributed by atoms with Gasteiger partial charge in [0, 0.05) is 44.3 Å². The molecule has 1 atom stereocenters. The van der Waals surface area contributed by atoms with E-state index in [-0.39, 0.29) is 30.0 Å². The third-order valence-corrected chi connectivity index (χ3v) is 5.82. The van der Waals surface area contributed by atoms with Gasteiger partial charge in [-0.1, -0.05) is 17.3 Å². The van der Waals surface area contributed by atoms with E-state index in [0.717, 1.165) is 50.7 Å². The lowest BCUT2D eigenvalue weighted by molar-refractivity contribution is -0.131. The lowest BCUT2D eigenvalue weighted by Crippen LogP contribution is -2.40. The number of amides is 1. The van der Waals surface area contributed by atoms with Gasteiger partial charge in [-0.3, -0.25) is 9.69 Å². The Kier molecular flexibility index (Phi) is 5.86. The van der Waals surface area contributed by atoms with Gasteiger partial charge in [0.05, 0.1) is 24.4 Å². The lowest BCUT2D eigenvalue weighted by Gasteiger charge is -2.32. The Morgan fingerprint density at radius 2 is 1.97 bits per heavy atom. The quantitative estimate of drug-likeness (QED) is 0.817. The average molecular weight is 404 g/mol. The monoisotopic (exact) mass is 404 g/mol. The van der Waals surface area contributed by atoms with Gasteiger partial charge in [0.15, 0.2) is 11.6 Å². The van der Waals surface area contributed by atoms with Crippen LogP contribution in [0.1, 0.15) is 36.6 Å². The number of piperidine rings is 1. The molecule has 1 aromatic heterocycles. The summed E-state index contributed by atoms with van der Waals surface area (Å²) in [7, 11) is 0. The Morgan fingerprint density at radius 1 is 1.17 bits per heavy atom. The first-order chi connectivity index (χ1) is 14.0. The Bertz CT molecular complexity index is 864. The Hall–Kier alpha value is -2.39. The first-order valence-electron chi connectivity index (χ1n) is 10.1. The van der Waals surface area contributed by atoms with Crippen LogP contribution < -0.4 is 5.73 Å². The number of carbonyl (C=O) groups is 1. The highest BCUT2D eigenvalue weighted by Crippen LogP contribution is 2.23. The predicted molar refractivity (Wildman–Crippen MR) is 103 cm³/mol. The van der Waals surface area contributed by atoms with Crippen molar-refractivity contribution in [2.24, 2.45) is 5.73 Å². The Morgan fingerprint density at radius 3 is 2.69 bits per heavy atom. The van der Waals surface area contributed by atoms with Crippen molar-refractivity contribution in [2.45, 2.75) is 44.3 Å². The van der Waals surface area contributed by atoms with Gasteiger partial charge >= 0.3 is 0 Å². The molecule has 2 N–H and O–H groups in total. The van der Waals surface area contributed by atoms with Crippen LogP contribution in [0.4, 0.5) is 8.78 Å². The van der Waals surface area contributed by atoms with Crippen LogP contribution in [0.3, 0.4) is 0 Å². The van der Waals surface area contributed by atoms with Crippen LogP contribution in [-0.2, 0) is 17.8 Å². The highest BCUT2D eigenvalue weighted by atomic mass is 19.2. The highest BCUT2D eigenvalue weighted by Gasteiger charge is 2.26. The second-order valence-electron chi connectivity index (χ2n) is 7.98. The van der Waals surface area contributed by atoms with Crippen LogP contribution in [-0.4, -0.2) is 62.9 Å². The molecular formula is C20H26F2N6O. The lowest BCUT2D eigenvalue weighted by atomic mass is 10.0. The Labute approximate surface area is 168 Å². The molecule has 29 heavy (non-hydrogen) atoms. The number of nitrogens with zero attached hydrogens (tertiary/aromatic N) is 5. The van der Waals surface area contributed by atoms with Crippen LogP contribution in [0.15, 0.2) is 24.4 Å². The second-order valence-corrected chi connectivity index (χ2v) is 7.98. The molecule has 0 radical (unpaired) electrons. The van der Waals surface area contributed by atoms with Gasteiger partial charge in [-0.25, -0.2) is 13.5 Å². The molecule has 7 nitrogen and oxygen atoms in total. The number of benzene rings is 1. The third kappa shape index (κ3) is 4.62. The minimum absolute atomic E-state index is 0.0969. The summed E-state index contributed by atoms with van der Waals surface area (Å²) in [5.41, 5.74) is 6.97. The number of halogens is 2. The molecule has 0 saturated carbocycles. The van der Waals surface area contributed by atoms with Gasteiger partial charge in [-0.15, -0.1) is 5.10 Å². The number of hydrogen-bond acceptors (Lipinski definition) is 5. The van der Waals surface area contributed by atoms with Crippen LogP contribution in [0.2, 0.25) is 0 Å². The Balaban J connectivity index is 1.29. The summed E-state index contributed by atoms with van der Waals surface area (Å²) in [6.45, 7) is 3.76. The molecule has 9 heteroatoms. The molecule has 4 rings (SSSR count). The molecule has 2 aliphatic heterocycles. The van der Waals surface area contributed by atoms with Gasteiger partial charge in [0.2, 0.25) is 5.91 Å². The third-order valence-electron chi connectivity index (χ3n) is 5.82. The van der Waals surface area contributed by atoms with E-state index in [1.54, 1.807) is 4.90 Å². The van der Waals surface area contributed by atoms with Gasteiger partial charge in [-0.2, -0.15) is 0 Å². The summed E-state index contributed by atoms with van der Waals surface area (Å²) in [6.07, 6.45) is 4.39.